The number of hydrogen-bond donors (Lipinski definition) is 0. The van der Waals surface area contributed by atoms with Gasteiger partial charge >= 0.3 is 6.09 Å². The molecule has 0 unspecified atom stereocenters. The van der Waals surface area contributed by atoms with Crippen LogP contribution in [-0.2, 0) is 35.8 Å². The molecule has 8 nitrogen and oxygen atoms in total. The van der Waals surface area contributed by atoms with Gasteiger partial charge in [0.2, 0.25) is 0 Å². The highest BCUT2D eigenvalue weighted by atomic mass is 19.1. The third-order valence-electron chi connectivity index (χ3n) is 10.5. The van der Waals surface area contributed by atoms with Crippen LogP contribution in [0.15, 0.2) is 109 Å². The Morgan fingerprint density at radius 2 is 1.30 bits per heavy atom. The van der Waals surface area contributed by atoms with Gasteiger partial charge in [-0.05, 0) is 95.2 Å². The van der Waals surface area contributed by atoms with E-state index in [-0.39, 0.29) is 23.5 Å². The van der Waals surface area contributed by atoms with Crippen molar-refractivity contribution in [1.29, 1.82) is 0 Å². The number of benzene rings is 4. The number of nitrogens with zero attached hydrogens (tertiary/aromatic N) is 3. The summed E-state index contributed by atoms with van der Waals surface area (Å²) in [6, 6.07) is 28.0. The Morgan fingerprint density at radius 1 is 0.717 bits per heavy atom. The molecule has 0 radical (unpaired) electrons. The molecule has 8 rings (SSSR count). The fourth-order valence-electron chi connectivity index (χ4n) is 7.42. The number of carbonyl (C=O) groups excluding carboxylic acids is 2. The number of halogens is 2. The lowest BCUT2D eigenvalue weighted by Gasteiger charge is -2.29. The first-order chi connectivity index (χ1) is 28.9. The van der Waals surface area contributed by atoms with E-state index in [1.54, 1.807) is 17.0 Å². The van der Waals surface area contributed by atoms with Crippen molar-refractivity contribution in [2.75, 3.05) is 13.1 Å². The van der Waals surface area contributed by atoms with Crippen LogP contribution in [0.5, 0.6) is 11.5 Å². The molecule has 0 atom stereocenters. The van der Waals surface area contributed by atoms with Crippen molar-refractivity contribution < 1.29 is 32.6 Å². The molecule has 316 valence electrons. The maximum absolute atomic E-state index is 14.3. The molecule has 2 aliphatic rings. The van der Waals surface area contributed by atoms with Gasteiger partial charge in [0.1, 0.15) is 47.7 Å². The highest BCUT2D eigenvalue weighted by molar-refractivity contribution is 5.98. The molecule has 4 aromatic carbocycles. The number of likely N-dealkylation sites (tertiary alicyclic amines) is 1. The number of ether oxygens (including phenoxy) is 3. The quantitative estimate of drug-likeness (QED) is 0.145. The number of amides is 1. The van der Waals surface area contributed by atoms with Gasteiger partial charge in [-0.15, -0.1) is 0 Å². The van der Waals surface area contributed by atoms with E-state index in [4.69, 9.17) is 14.2 Å². The number of Topliss-reactive ketones (excluding diaryl/α,β-unsaturated/α-hetero) is 1. The van der Waals surface area contributed by atoms with E-state index in [9.17, 15) is 18.4 Å². The van der Waals surface area contributed by atoms with Crippen LogP contribution in [0, 0.1) is 11.6 Å². The molecule has 1 amide bonds. The zero-order valence-electron chi connectivity index (χ0n) is 35.5. The minimum absolute atomic E-state index is 0.227. The lowest BCUT2D eigenvalue weighted by atomic mass is 9.93. The minimum Gasteiger partial charge on any atom is -0.488 e. The Bertz CT molecular complexity index is 2390. The number of rotatable bonds is 9. The first-order valence-corrected chi connectivity index (χ1v) is 21.1. The highest BCUT2D eigenvalue weighted by Gasteiger charge is 2.25. The Labute approximate surface area is 352 Å². The zero-order chi connectivity index (χ0) is 42.6. The molecule has 60 heavy (non-hydrogen) atoms. The fourth-order valence-corrected chi connectivity index (χ4v) is 7.42. The predicted molar refractivity (Wildman–Crippen MR) is 235 cm³/mol. The van der Waals surface area contributed by atoms with E-state index in [2.05, 4.69) is 23.8 Å². The molecular formula is C50H57F2N3O5. The molecule has 3 heterocycles. The summed E-state index contributed by atoms with van der Waals surface area (Å²) in [5.41, 5.74) is 6.04. The Hall–Kier alpha value is -5.90. The van der Waals surface area contributed by atoms with E-state index in [1.807, 2.05) is 105 Å². The second kappa shape index (κ2) is 20.4. The number of allylic oxidation sites excluding steroid dienone is 2. The average molecular weight is 818 g/mol. The zero-order valence-corrected chi connectivity index (χ0v) is 35.5. The van der Waals surface area contributed by atoms with Gasteiger partial charge in [-0.3, -0.25) is 4.79 Å². The molecule has 1 aliphatic heterocycles. The second-order valence-electron chi connectivity index (χ2n) is 16.1. The molecule has 1 aliphatic carbocycles. The van der Waals surface area contributed by atoms with Crippen molar-refractivity contribution in [3.63, 3.8) is 0 Å². The SMILES string of the molecule is CC(C)(C)OC(=O)N1CCC(=O)CC1.CCn1cc(C2=CCCCC2)c2c(OCc3ccccc3)cc(F)cc21.CCn1ccc2c(OCc3ccccc3)cc(F)cc21. The van der Waals surface area contributed by atoms with Gasteiger partial charge in [-0.2, -0.15) is 0 Å². The standard InChI is InChI=1S/C23H24FNO.C17H16FNO.C10H17NO3/c1-2-25-15-20(18-11-7-4-8-12-18)23-21(25)13-19(24)14-22(23)26-16-17-9-5-3-6-10-17;1-2-19-9-8-15-16(19)10-14(18)11-17(15)20-12-13-6-4-3-5-7-13;1-10(2,3)14-9(13)11-6-4-8(12)5-7-11/h3,5-6,9-11,13-15H,2,4,7-8,12,16H2,1H3;3-11H,2,12H2,1H3;4-7H2,1-3H3. The highest BCUT2D eigenvalue weighted by Crippen LogP contribution is 2.39. The monoisotopic (exact) mass is 817 g/mol. The molecule has 1 fully saturated rings. The van der Waals surface area contributed by atoms with E-state index in [0.717, 1.165) is 58.9 Å². The number of hydrogen-bond acceptors (Lipinski definition) is 5. The van der Waals surface area contributed by atoms with Crippen LogP contribution in [0.1, 0.15) is 89.8 Å². The second-order valence-corrected chi connectivity index (χ2v) is 16.1. The summed E-state index contributed by atoms with van der Waals surface area (Å²) in [5.74, 6) is 0.935. The summed E-state index contributed by atoms with van der Waals surface area (Å²) in [6.45, 7) is 13.1. The minimum atomic E-state index is -0.460. The van der Waals surface area contributed by atoms with Crippen molar-refractivity contribution in [3.05, 3.63) is 138 Å². The summed E-state index contributed by atoms with van der Waals surface area (Å²) in [7, 11) is 0. The van der Waals surface area contributed by atoms with Crippen LogP contribution in [0.4, 0.5) is 13.6 Å². The van der Waals surface area contributed by atoms with E-state index in [0.29, 0.717) is 50.6 Å². The number of carbonyl (C=O) groups is 2. The van der Waals surface area contributed by atoms with Crippen molar-refractivity contribution in [2.45, 2.75) is 105 Å². The van der Waals surface area contributed by atoms with E-state index in [1.165, 1.54) is 36.1 Å². The molecule has 2 aromatic heterocycles. The van der Waals surface area contributed by atoms with Crippen LogP contribution < -0.4 is 9.47 Å². The predicted octanol–water partition coefficient (Wildman–Crippen LogP) is 12.3. The van der Waals surface area contributed by atoms with Crippen molar-refractivity contribution in [2.24, 2.45) is 0 Å². The molecule has 0 saturated carbocycles. The summed E-state index contributed by atoms with van der Waals surface area (Å²) >= 11 is 0. The van der Waals surface area contributed by atoms with Crippen LogP contribution in [0.25, 0.3) is 27.4 Å². The smallest absolute Gasteiger partial charge is 0.410 e. The number of fused-ring (bicyclic) bond motifs is 2. The Balaban J connectivity index is 0.000000159. The Kier molecular flexibility index (Phi) is 14.8. The maximum atomic E-state index is 14.3. The molecule has 6 aromatic rings. The number of aryl methyl sites for hydroxylation is 2. The van der Waals surface area contributed by atoms with Crippen molar-refractivity contribution in [3.8, 4) is 11.5 Å². The number of ketones is 1. The van der Waals surface area contributed by atoms with Gasteiger partial charge in [-0.1, -0.05) is 66.7 Å². The third-order valence-corrected chi connectivity index (χ3v) is 10.5. The van der Waals surface area contributed by atoms with Gasteiger partial charge in [0.05, 0.1) is 11.0 Å². The molecule has 10 heteroatoms. The first kappa shape index (κ1) is 43.7. The molecule has 0 N–H and O–H groups in total. The summed E-state index contributed by atoms with van der Waals surface area (Å²) < 4.78 is 49.2. The van der Waals surface area contributed by atoms with Gasteiger partial charge < -0.3 is 28.2 Å². The molecule has 1 saturated heterocycles. The largest absolute Gasteiger partial charge is 0.488 e. The molecular weight excluding hydrogens is 761 g/mol. The summed E-state index contributed by atoms with van der Waals surface area (Å²) in [6.07, 6.45) is 11.7. The lowest BCUT2D eigenvalue weighted by molar-refractivity contribution is -0.121. The van der Waals surface area contributed by atoms with Crippen LogP contribution in [0.3, 0.4) is 0 Å². The average Bonchev–Trinajstić information content (AvgIpc) is 3.84. The molecule has 0 spiro atoms. The van der Waals surface area contributed by atoms with Crippen molar-refractivity contribution >= 4 is 39.3 Å². The van der Waals surface area contributed by atoms with Gasteiger partial charge in [0, 0.05) is 79.9 Å². The van der Waals surface area contributed by atoms with Crippen LogP contribution in [-0.4, -0.2) is 44.6 Å². The maximum Gasteiger partial charge on any atom is 0.410 e. The fraction of sp³-hybridized carbons (Fsp3) is 0.360. The normalized spacial score (nSPS) is 14.2. The first-order valence-electron chi connectivity index (χ1n) is 21.1. The van der Waals surface area contributed by atoms with Crippen molar-refractivity contribution in [1.82, 2.24) is 14.0 Å². The number of piperidine rings is 1. The number of aromatic nitrogens is 2. The Morgan fingerprint density at radius 3 is 1.87 bits per heavy atom. The lowest BCUT2D eigenvalue weighted by Crippen LogP contribution is -2.41. The third kappa shape index (κ3) is 11.6. The summed E-state index contributed by atoms with van der Waals surface area (Å²) in [4.78, 5) is 24.0. The van der Waals surface area contributed by atoms with Crippen LogP contribution in [0.2, 0.25) is 0 Å². The van der Waals surface area contributed by atoms with E-state index < -0.39 is 5.60 Å². The van der Waals surface area contributed by atoms with Gasteiger partial charge in [0.25, 0.3) is 0 Å². The van der Waals surface area contributed by atoms with Gasteiger partial charge in [-0.25, -0.2) is 13.6 Å². The molecule has 0 bridgehead atoms. The van der Waals surface area contributed by atoms with Gasteiger partial charge in [0.15, 0.2) is 0 Å². The summed E-state index contributed by atoms with van der Waals surface area (Å²) in [5, 5.41) is 1.99. The van der Waals surface area contributed by atoms with E-state index >= 15 is 0 Å². The van der Waals surface area contributed by atoms with Crippen LogP contribution >= 0.6 is 0 Å². The topological polar surface area (TPSA) is 74.9 Å².